The number of carbonyl (C=O) groups is 2. The maximum Gasteiger partial charge on any atom is 0.338 e. The van der Waals surface area contributed by atoms with E-state index in [-0.39, 0.29) is 17.0 Å². The Balaban J connectivity index is 1.45. The Morgan fingerprint density at radius 1 is 1.00 bits per heavy atom. The van der Waals surface area contributed by atoms with Gasteiger partial charge in [-0.15, -0.1) is 0 Å². The number of fused-ring (bicyclic) bond motifs is 1. The Morgan fingerprint density at radius 3 is 2.38 bits per heavy atom. The number of ketones is 1. The van der Waals surface area contributed by atoms with Crippen LogP contribution in [0.25, 0.3) is 10.8 Å². The van der Waals surface area contributed by atoms with Gasteiger partial charge in [-0.1, -0.05) is 25.1 Å². The van der Waals surface area contributed by atoms with Gasteiger partial charge in [-0.25, -0.2) is 4.79 Å². The second-order valence-corrected chi connectivity index (χ2v) is 8.56. The third kappa shape index (κ3) is 5.01. The average Bonchev–Trinajstić information content (AvgIpc) is 2.86. The highest BCUT2D eigenvalue weighted by molar-refractivity contribution is 6.02. The minimum atomic E-state index is -0.777. The van der Waals surface area contributed by atoms with Crippen LogP contribution in [0.1, 0.15) is 40.5 Å². The normalized spacial score (nSPS) is 14.1. The first-order chi connectivity index (χ1) is 16.4. The molecule has 1 saturated heterocycles. The van der Waals surface area contributed by atoms with Gasteiger partial charge in [0.05, 0.1) is 17.6 Å². The summed E-state index contributed by atoms with van der Waals surface area (Å²) in [5.41, 5.74) is 0.808. The molecule has 0 radical (unpaired) electrons. The van der Waals surface area contributed by atoms with E-state index in [1.165, 1.54) is 12.1 Å². The molecule has 1 aliphatic rings. The fourth-order valence-electron chi connectivity index (χ4n) is 4.14. The summed E-state index contributed by atoms with van der Waals surface area (Å²) in [6.45, 7) is 3.18. The van der Waals surface area contributed by atoms with Crippen molar-refractivity contribution in [1.29, 1.82) is 0 Å². The number of rotatable bonds is 7. The molecule has 0 aliphatic carbocycles. The number of hydrogen-bond donors (Lipinski definition) is 0. The van der Waals surface area contributed by atoms with E-state index < -0.39 is 17.5 Å². The highest BCUT2D eigenvalue weighted by Gasteiger charge is 2.25. The zero-order valence-corrected chi connectivity index (χ0v) is 19.2. The number of esters is 1. The molecular formula is C26H26N2O6. The van der Waals surface area contributed by atoms with Gasteiger partial charge in [0.25, 0.3) is 5.69 Å². The molecule has 1 heterocycles. The monoisotopic (exact) mass is 462 g/mol. The standard InChI is InChI=1S/C26H26N2O6/c1-17-9-11-27(12-10-17)23-8-6-21(15-24(23)28(31)32)26(30)34-16-25(29)20-4-3-19-14-22(33-2)7-5-18(19)13-20/h3-8,13-15,17H,9-12,16H2,1-2H3. The number of hydrogen-bond acceptors (Lipinski definition) is 7. The lowest BCUT2D eigenvalue weighted by Crippen LogP contribution is -2.33. The van der Waals surface area contributed by atoms with Gasteiger partial charge in [0.1, 0.15) is 11.4 Å². The minimum absolute atomic E-state index is 0.0410. The molecule has 0 spiro atoms. The first-order valence-electron chi connectivity index (χ1n) is 11.2. The van der Waals surface area contributed by atoms with Crippen LogP contribution in [0, 0.1) is 16.0 Å². The van der Waals surface area contributed by atoms with Crippen molar-refractivity contribution in [2.45, 2.75) is 19.8 Å². The van der Waals surface area contributed by atoms with E-state index in [4.69, 9.17) is 9.47 Å². The van der Waals surface area contributed by atoms with Gasteiger partial charge in [-0.3, -0.25) is 14.9 Å². The largest absolute Gasteiger partial charge is 0.497 e. The van der Waals surface area contributed by atoms with E-state index >= 15 is 0 Å². The number of benzene rings is 3. The zero-order valence-electron chi connectivity index (χ0n) is 19.2. The fourth-order valence-corrected chi connectivity index (χ4v) is 4.14. The molecule has 0 N–H and O–H groups in total. The van der Waals surface area contributed by atoms with Gasteiger partial charge in [0, 0.05) is 24.7 Å². The quantitative estimate of drug-likeness (QED) is 0.210. The molecule has 34 heavy (non-hydrogen) atoms. The van der Waals surface area contributed by atoms with Crippen molar-refractivity contribution < 1.29 is 24.0 Å². The van der Waals surface area contributed by atoms with Gasteiger partial charge < -0.3 is 14.4 Å². The van der Waals surface area contributed by atoms with Crippen molar-refractivity contribution >= 4 is 33.9 Å². The summed E-state index contributed by atoms with van der Waals surface area (Å²) in [5.74, 6) is 0.170. The van der Waals surface area contributed by atoms with Crippen molar-refractivity contribution in [1.82, 2.24) is 0 Å². The van der Waals surface area contributed by atoms with E-state index in [9.17, 15) is 19.7 Å². The molecule has 3 aromatic rings. The predicted octanol–water partition coefficient (Wildman–Crippen LogP) is 5.03. The van der Waals surface area contributed by atoms with E-state index in [2.05, 4.69) is 6.92 Å². The number of Topliss-reactive ketones (excluding diaryl/α,β-unsaturated/α-hetero) is 1. The SMILES string of the molecule is COc1ccc2cc(C(=O)COC(=O)c3ccc(N4CCC(C)CC4)c([N+](=O)[O-])c3)ccc2c1. The highest BCUT2D eigenvalue weighted by atomic mass is 16.6. The Morgan fingerprint density at radius 2 is 1.68 bits per heavy atom. The van der Waals surface area contributed by atoms with Crippen LogP contribution in [-0.4, -0.2) is 43.5 Å². The molecule has 0 atom stereocenters. The summed E-state index contributed by atoms with van der Waals surface area (Å²) < 4.78 is 10.4. The second-order valence-electron chi connectivity index (χ2n) is 8.56. The topological polar surface area (TPSA) is 99.0 Å². The molecule has 176 valence electrons. The number of methoxy groups -OCH3 is 1. The number of ether oxygens (including phenoxy) is 2. The highest BCUT2D eigenvalue weighted by Crippen LogP contribution is 2.32. The first-order valence-corrected chi connectivity index (χ1v) is 11.2. The van der Waals surface area contributed by atoms with Crippen LogP contribution in [0.15, 0.2) is 54.6 Å². The second kappa shape index (κ2) is 9.91. The number of nitrogens with zero attached hydrogens (tertiary/aromatic N) is 2. The van der Waals surface area contributed by atoms with Crippen LogP contribution in [0.2, 0.25) is 0 Å². The average molecular weight is 463 g/mol. The van der Waals surface area contributed by atoms with Crippen LogP contribution in [-0.2, 0) is 4.74 Å². The number of piperidine rings is 1. The van der Waals surface area contributed by atoms with Crippen molar-refractivity contribution in [3.8, 4) is 5.75 Å². The Kier molecular flexibility index (Phi) is 6.77. The molecule has 8 nitrogen and oxygen atoms in total. The van der Waals surface area contributed by atoms with Crippen LogP contribution in [0.5, 0.6) is 5.75 Å². The maximum absolute atomic E-state index is 12.6. The number of nitro groups is 1. The Labute approximate surface area is 197 Å². The van der Waals surface area contributed by atoms with Crippen molar-refractivity contribution in [2.24, 2.45) is 5.92 Å². The van der Waals surface area contributed by atoms with Crippen LogP contribution in [0.3, 0.4) is 0 Å². The van der Waals surface area contributed by atoms with Gasteiger partial charge in [-0.05, 0) is 59.9 Å². The van der Waals surface area contributed by atoms with Crippen molar-refractivity contribution in [2.75, 3.05) is 31.7 Å². The summed E-state index contributed by atoms with van der Waals surface area (Å²) in [6, 6.07) is 15.0. The number of nitro benzene ring substituents is 1. The lowest BCUT2D eigenvalue weighted by atomic mass is 9.98. The van der Waals surface area contributed by atoms with Gasteiger partial charge in [0.2, 0.25) is 0 Å². The first kappa shape index (κ1) is 23.2. The molecule has 0 amide bonds. The molecule has 1 aliphatic heterocycles. The zero-order chi connectivity index (χ0) is 24.2. The molecule has 8 heteroatoms. The summed E-state index contributed by atoms with van der Waals surface area (Å²) in [4.78, 5) is 38.3. The molecule has 0 bridgehead atoms. The third-order valence-electron chi connectivity index (χ3n) is 6.24. The Hall–Kier alpha value is -3.94. The molecule has 4 rings (SSSR count). The van der Waals surface area contributed by atoms with E-state index in [1.54, 1.807) is 37.4 Å². The fraction of sp³-hybridized carbons (Fsp3) is 0.308. The van der Waals surface area contributed by atoms with E-state index in [0.717, 1.165) is 42.5 Å². The van der Waals surface area contributed by atoms with Crippen molar-refractivity contribution in [3.63, 3.8) is 0 Å². The molecule has 1 fully saturated rings. The third-order valence-corrected chi connectivity index (χ3v) is 6.24. The molecular weight excluding hydrogens is 436 g/mol. The molecule has 0 saturated carbocycles. The smallest absolute Gasteiger partial charge is 0.338 e. The number of anilines is 1. The number of carbonyl (C=O) groups excluding carboxylic acids is 2. The minimum Gasteiger partial charge on any atom is -0.497 e. The lowest BCUT2D eigenvalue weighted by Gasteiger charge is -2.31. The van der Waals surface area contributed by atoms with Gasteiger partial charge in [-0.2, -0.15) is 0 Å². The summed E-state index contributed by atoms with van der Waals surface area (Å²) in [5, 5.41) is 13.4. The molecule has 0 unspecified atom stereocenters. The van der Waals surface area contributed by atoms with Crippen molar-refractivity contribution in [3.05, 3.63) is 75.8 Å². The lowest BCUT2D eigenvalue weighted by molar-refractivity contribution is -0.384. The molecule has 0 aromatic heterocycles. The van der Waals surface area contributed by atoms with Gasteiger partial charge in [0.15, 0.2) is 12.4 Å². The predicted molar refractivity (Wildman–Crippen MR) is 129 cm³/mol. The van der Waals surface area contributed by atoms with Gasteiger partial charge >= 0.3 is 5.97 Å². The van der Waals surface area contributed by atoms with Crippen LogP contribution >= 0.6 is 0 Å². The van der Waals surface area contributed by atoms with Crippen LogP contribution in [0.4, 0.5) is 11.4 Å². The molecule has 3 aromatic carbocycles. The van der Waals surface area contributed by atoms with E-state index in [0.29, 0.717) is 17.2 Å². The maximum atomic E-state index is 12.6. The van der Waals surface area contributed by atoms with E-state index in [1.807, 2.05) is 17.0 Å². The summed E-state index contributed by atoms with van der Waals surface area (Å²) >= 11 is 0. The summed E-state index contributed by atoms with van der Waals surface area (Å²) in [7, 11) is 1.59. The van der Waals surface area contributed by atoms with Crippen LogP contribution < -0.4 is 9.64 Å². The Bertz CT molecular complexity index is 1250. The summed E-state index contributed by atoms with van der Waals surface area (Å²) in [6.07, 6.45) is 1.93.